The second-order valence-corrected chi connectivity index (χ2v) is 4.94. The van der Waals surface area contributed by atoms with Gasteiger partial charge in [0.25, 0.3) is 0 Å². The summed E-state index contributed by atoms with van der Waals surface area (Å²) in [5.74, 6) is 0. The minimum absolute atomic E-state index is 0.199. The second-order valence-electron chi connectivity index (χ2n) is 2.46. The Labute approximate surface area is 87.5 Å². The molecule has 0 aliphatic carbocycles. The molecule has 15 heavy (non-hydrogen) atoms. The van der Waals surface area contributed by atoms with Crippen LogP contribution in [-0.2, 0) is 10.2 Å². The van der Waals surface area contributed by atoms with Gasteiger partial charge < -0.3 is 0 Å². The lowest BCUT2D eigenvalue weighted by Gasteiger charge is -2.04. The summed E-state index contributed by atoms with van der Waals surface area (Å²) in [4.78, 5) is -0.857. The summed E-state index contributed by atoms with van der Waals surface area (Å²) in [6, 6.07) is 3.35. The number of hydrogen-bond donors (Lipinski definition) is 0. The van der Waals surface area contributed by atoms with E-state index in [2.05, 4.69) is 0 Å². The number of hydrogen-bond acceptors (Lipinski definition) is 3. The van der Waals surface area contributed by atoms with E-state index in [1.54, 1.807) is 0 Å². The van der Waals surface area contributed by atoms with Gasteiger partial charge in [0.05, 0.1) is 4.90 Å². The first kappa shape index (κ1) is 12.3. The number of halogens is 4. The first-order chi connectivity index (χ1) is 6.68. The van der Waals surface area contributed by atoms with Crippen molar-refractivity contribution in [3.8, 4) is 0 Å². The number of rotatable bonds is 2. The Hall–Kier alpha value is -0.760. The van der Waals surface area contributed by atoms with E-state index in [-0.39, 0.29) is 4.90 Å². The summed E-state index contributed by atoms with van der Waals surface area (Å²) in [7, 11) is -4.85. The Bertz CT molecular complexity index is 435. The molecular formula is C7H4F4O2S2. The maximum Gasteiger partial charge on any atom is 0.446 e. The van der Waals surface area contributed by atoms with Gasteiger partial charge in [0.15, 0.2) is 0 Å². The van der Waals surface area contributed by atoms with E-state index in [1.807, 2.05) is 0 Å². The molecule has 8 heteroatoms. The van der Waals surface area contributed by atoms with Crippen molar-refractivity contribution in [1.29, 1.82) is 0 Å². The van der Waals surface area contributed by atoms with Crippen molar-refractivity contribution in [2.75, 3.05) is 0 Å². The van der Waals surface area contributed by atoms with E-state index in [4.69, 9.17) is 0 Å². The molecule has 0 heterocycles. The van der Waals surface area contributed by atoms with Crippen LogP contribution in [0.4, 0.5) is 17.1 Å². The predicted molar refractivity (Wildman–Crippen MR) is 46.6 cm³/mol. The standard InChI is InChI=1S/C7H4F4O2S2/c8-7(9,10)14-5-1-3-6(4-2-5)15(11,12)13/h1-4H. The summed E-state index contributed by atoms with van der Waals surface area (Å²) in [6.45, 7) is 0. The Kier molecular flexibility index (Phi) is 3.29. The van der Waals surface area contributed by atoms with Crippen molar-refractivity contribution in [2.24, 2.45) is 0 Å². The molecule has 1 aromatic rings. The molecule has 0 saturated carbocycles. The van der Waals surface area contributed by atoms with Gasteiger partial charge in [-0.1, -0.05) is 0 Å². The van der Waals surface area contributed by atoms with Crippen molar-refractivity contribution < 1.29 is 25.5 Å². The zero-order valence-corrected chi connectivity index (χ0v) is 8.59. The van der Waals surface area contributed by atoms with Gasteiger partial charge in [-0.05, 0) is 36.0 Å². The van der Waals surface area contributed by atoms with Gasteiger partial charge in [0.1, 0.15) is 0 Å². The molecule has 0 atom stereocenters. The van der Waals surface area contributed by atoms with Gasteiger partial charge >= 0.3 is 15.7 Å². The monoisotopic (exact) mass is 260 g/mol. The molecule has 0 radical (unpaired) electrons. The van der Waals surface area contributed by atoms with Crippen LogP contribution in [0.1, 0.15) is 0 Å². The van der Waals surface area contributed by atoms with E-state index in [0.29, 0.717) is 0 Å². The molecule has 0 aliphatic rings. The normalized spacial score (nSPS) is 12.8. The van der Waals surface area contributed by atoms with E-state index in [0.717, 1.165) is 24.3 Å². The highest BCUT2D eigenvalue weighted by molar-refractivity contribution is 8.00. The lowest BCUT2D eigenvalue weighted by molar-refractivity contribution is -0.0328. The zero-order chi connectivity index (χ0) is 11.7. The third-order valence-electron chi connectivity index (χ3n) is 1.34. The second kappa shape index (κ2) is 4.01. The van der Waals surface area contributed by atoms with Crippen LogP contribution in [0.5, 0.6) is 0 Å². The third kappa shape index (κ3) is 4.08. The topological polar surface area (TPSA) is 34.1 Å². The first-order valence-electron chi connectivity index (χ1n) is 3.49. The maximum atomic E-state index is 12.3. The van der Waals surface area contributed by atoms with Crippen molar-refractivity contribution >= 4 is 22.0 Å². The summed E-state index contributed by atoms with van der Waals surface area (Å²) in [5.41, 5.74) is -4.45. The number of alkyl halides is 3. The van der Waals surface area contributed by atoms with Crippen LogP contribution in [0, 0.1) is 0 Å². The molecule has 0 bridgehead atoms. The van der Waals surface area contributed by atoms with Gasteiger partial charge in [-0.2, -0.15) is 21.6 Å². The first-order valence-corrected chi connectivity index (χ1v) is 5.69. The van der Waals surface area contributed by atoms with Crippen LogP contribution in [0.25, 0.3) is 0 Å². The van der Waals surface area contributed by atoms with Crippen molar-refractivity contribution in [2.45, 2.75) is 15.3 Å². The van der Waals surface area contributed by atoms with Gasteiger partial charge in [-0.3, -0.25) is 0 Å². The Balaban J connectivity index is 2.92. The van der Waals surface area contributed by atoms with Crippen LogP contribution < -0.4 is 0 Å². The van der Waals surface area contributed by atoms with Crippen molar-refractivity contribution in [3.63, 3.8) is 0 Å². The minimum Gasteiger partial charge on any atom is -0.189 e. The van der Waals surface area contributed by atoms with Crippen molar-refractivity contribution in [3.05, 3.63) is 24.3 Å². The van der Waals surface area contributed by atoms with Gasteiger partial charge in [0.2, 0.25) is 0 Å². The van der Waals surface area contributed by atoms with Crippen LogP contribution in [0.15, 0.2) is 34.1 Å². The van der Waals surface area contributed by atoms with E-state index >= 15 is 0 Å². The fourth-order valence-electron chi connectivity index (χ4n) is 0.804. The lowest BCUT2D eigenvalue weighted by atomic mass is 10.4. The molecule has 1 aromatic carbocycles. The van der Waals surface area contributed by atoms with Crippen LogP contribution in [-0.4, -0.2) is 13.9 Å². The van der Waals surface area contributed by atoms with Gasteiger partial charge in [-0.15, -0.1) is 3.89 Å². The average molecular weight is 260 g/mol. The molecule has 0 N–H and O–H groups in total. The largest absolute Gasteiger partial charge is 0.446 e. The summed E-state index contributed by atoms with van der Waals surface area (Å²) < 4.78 is 68.5. The van der Waals surface area contributed by atoms with E-state index < -0.39 is 32.4 Å². The molecule has 2 nitrogen and oxygen atoms in total. The van der Waals surface area contributed by atoms with Gasteiger partial charge in [-0.25, -0.2) is 0 Å². The smallest absolute Gasteiger partial charge is 0.189 e. The fraction of sp³-hybridized carbons (Fsp3) is 0.143. The van der Waals surface area contributed by atoms with Gasteiger partial charge in [0, 0.05) is 4.90 Å². The quantitative estimate of drug-likeness (QED) is 0.466. The molecule has 0 aliphatic heterocycles. The molecule has 0 spiro atoms. The highest BCUT2D eigenvalue weighted by Crippen LogP contribution is 2.36. The zero-order valence-electron chi connectivity index (χ0n) is 6.95. The SMILES string of the molecule is O=S(=O)(F)c1ccc(SC(F)(F)F)cc1. The summed E-state index contributed by atoms with van der Waals surface area (Å²) in [5, 5.41) is 0. The molecule has 84 valence electrons. The van der Waals surface area contributed by atoms with Crippen LogP contribution in [0.3, 0.4) is 0 Å². The fourth-order valence-corrected chi connectivity index (χ4v) is 1.80. The molecule has 0 saturated heterocycles. The molecule has 0 fully saturated rings. The minimum atomic E-state index is -4.85. The molecule has 1 rings (SSSR count). The van der Waals surface area contributed by atoms with Crippen LogP contribution in [0.2, 0.25) is 0 Å². The predicted octanol–water partition coefficient (Wildman–Crippen LogP) is 2.96. The van der Waals surface area contributed by atoms with Crippen molar-refractivity contribution in [1.82, 2.24) is 0 Å². The average Bonchev–Trinajstić information content (AvgIpc) is 2.00. The lowest BCUT2D eigenvalue weighted by Crippen LogP contribution is -1.99. The Morgan fingerprint density at radius 1 is 1.07 bits per heavy atom. The summed E-state index contributed by atoms with van der Waals surface area (Å²) in [6.07, 6.45) is 0. The van der Waals surface area contributed by atoms with E-state index in [9.17, 15) is 25.5 Å². The maximum absolute atomic E-state index is 12.3. The van der Waals surface area contributed by atoms with Crippen LogP contribution >= 0.6 is 11.8 Å². The molecule has 0 amide bonds. The molecule has 0 aromatic heterocycles. The molecule has 0 unspecified atom stereocenters. The molecular weight excluding hydrogens is 256 g/mol. The highest BCUT2D eigenvalue weighted by atomic mass is 32.3. The highest BCUT2D eigenvalue weighted by Gasteiger charge is 2.29. The summed E-state index contributed by atoms with van der Waals surface area (Å²) >= 11 is -0.397. The number of thioether (sulfide) groups is 1. The Morgan fingerprint density at radius 2 is 1.53 bits per heavy atom. The van der Waals surface area contributed by atoms with E-state index in [1.165, 1.54) is 0 Å². The number of benzene rings is 1. The third-order valence-corrected chi connectivity index (χ3v) is 2.91. The Morgan fingerprint density at radius 3 is 1.87 bits per heavy atom.